The first-order chi connectivity index (χ1) is 15.2. The Hall–Kier alpha value is -0.460. The summed E-state index contributed by atoms with van der Waals surface area (Å²) in [4.78, 5) is 40.7. The van der Waals surface area contributed by atoms with Gasteiger partial charge in [-0.3, -0.25) is 14.4 Å². The summed E-state index contributed by atoms with van der Waals surface area (Å²) in [6.07, 6.45) is 1.88. The van der Waals surface area contributed by atoms with Crippen LogP contribution in [0.2, 0.25) is 0 Å². The van der Waals surface area contributed by atoms with Crippen LogP contribution < -0.4 is 21.7 Å². The Kier molecular flexibility index (Phi) is 11.2. The summed E-state index contributed by atoms with van der Waals surface area (Å²) in [6.45, 7) is 3.70. The molecule has 0 bridgehead atoms. The maximum absolute atomic E-state index is 13.4. The molecule has 1 heterocycles. The van der Waals surface area contributed by atoms with Crippen molar-refractivity contribution in [2.24, 2.45) is 11.7 Å². The summed E-state index contributed by atoms with van der Waals surface area (Å²) in [5, 5.41) is 8.55. The summed E-state index contributed by atoms with van der Waals surface area (Å²) < 4.78 is 6.93. The number of ether oxygens (including phenoxy) is 1. The molecule has 0 radical (unpaired) electrons. The molecule has 0 spiro atoms. The fourth-order valence-corrected chi connectivity index (χ4v) is 7.92. The van der Waals surface area contributed by atoms with E-state index in [2.05, 4.69) is 68.1 Å². The molecule has 178 valence electrons. The molecule has 3 amide bonds. The molecule has 0 aliphatic carbocycles. The van der Waals surface area contributed by atoms with Crippen molar-refractivity contribution in [3.63, 3.8) is 0 Å². The van der Waals surface area contributed by atoms with Gasteiger partial charge in [0.25, 0.3) is 11.8 Å². The summed E-state index contributed by atoms with van der Waals surface area (Å²) in [6, 6.07) is -0.833. The van der Waals surface area contributed by atoms with Crippen LogP contribution >= 0.6 is 67.8 Å². The molecule has 32 heavy (non-hydrogen) atoms. The molecule has 1 aromatic rings. The largest absolute Gasteiger partial charge is 0.365 e. The number of nitrogens with two attached hydrogens (primary N) is 1. The summed E-state index contributed by atoms with van der Waals surface area (Å²) in [7, 11) is 3.09. The quantitative estimate of drug-likeness (QED) is 0.237. The van der Waals surface area contributed by atoms with E-state index in [0.717, 1.165) is 12.8 Å². The van der Waals surface area contributed by atoms with E-state index in [-0.39, 0.29) is 25.1 Å². The second-order valence-electron chi connectivity index (χ2n) is 7.53. The third-order valence-electron chi connectivity index (χ3n) is 5.33. The molecule has 2 rings (SSSR count). The third-order valence-corrected chi connectivity index (χ3v) is 8.56. The molecule has 1 fully saturated rings. The second-order valence-corrected chi connectivity index (χ2v) is 10.8. The summed E-state index contributed by atoms with van der Waals surface area (Å²) in [5.41, 5.74) is 7.20. The smallest absolute Gasteiger partial charge is 0.254 e. The van der Waals surface area contributed by atoms with Gasteiger partial charge in [0, 0.05) is 37.4 Å². The van der Waals surface area contributed by atoms with Gasteiger partial charge >= 0.3 is 0 Å². The molecule has 1 unspecified atom stereocenters. The van der Waals surface area contributed by atoms with Gasteiger partial charge in [-0.1, -0.05) is 6.92 Å². The molecule has 0 saturated carbocycles. The van der Waals surface area contributed by atoms with Crippen molar-refractivity contribution in [1.29, 1.82) is 0 Å². The lowest BCUT2D eigenvalue weighted by atomic mass is 9.98. The van der Waals surface area contributed by atoms with Crippen LogP contribution in [0.3, 0.4) is 0 Å². The Morgan fingerprint density at radius 2 is 1.66 bits per heavy atom. The fourth-order valence-electron chi connectivity index (χ4n) is 3.39. The van der Waals surface area contributed by atoms with Gasteiger partial charge in [-0.25, -0.2) is 0 Å². The van der Waals surface area contributed by atoms with Crippen molar-refractivity contribution in [2.75, 3.05) is 45.8 Å². The first kappa shape index (κ1) is 27.8. The molecule has 1 aliphatic heterocycles. The SMILES string of the molecule is CNC(=O)c1c(I)c(NCOC)c(I)c(C(=O)NC(CN)C(=O)N2CCC(C)CC2)c1I. The lowest BCUT2D eigenvalue weighted by molar-refractivity contribution is -0.134. The number of benzene rings is 1. The van der Waals surface area contributed by atoms with Gasteiger partial charge in [0.2, 0.25) is 5.91 Å². The number of likely N-dealkylation sites (tertiary alicyclic amines) is 1. The highest BCUT2D eigenvalue weighted by Crippen LogP contribution is 2.35. The van der Waals surface area contributed by atoms with Gasteiger partial charge in [-0.15, -0.1) is 0 Å². The fraction of sp³-hybridized carbons (Fsp3) is 0.550. The first-order valence-corrected chi connectivity index (χ1v) is 13.4. The number of anilines is 1. The van der Waals surface area contributed by atoms with Crippen molar-refractivity contribution in [3.05, 3.63) is 21.8 Å². The zero-order chi connectivity index (χ0) is 24.0. The topological polar surface area (TPSA) is 126 Å². The van der Waals surface area contributed by atoms with Crippen LogP contribution in [0.25, 0.3) is 0 Å². The number of nitrogens with one attached hydrogen (secondary N) is 3. The Labute approximate surface area is 229 Å². The van der Waals surface area contributed by atoms with E-state index in [1.54, 1.807) is 12.0 Å². The number of methoxy groups -OCH3 is 1. The standard InChI is InChI=1S/C20H28I3N5O4/c1-10-4-6-28(7-5-10)20(31)11(8-24)27-19(30)13-14(21)12(18(29)25-2)15(22)17(16(13)23)26-9-32-3/h10-11,26H,4-9,24H2,1-3H3,(H,25,29)(H,27,30). The molecule has 9 nitrogen and oxygen atoms in total. The van der Waals surface area contributed by atoms with E-state index in [1.165, 1.54) is 7.05 Å². The molecule has 1 saturated heterocycles. The molecule has 1 aliphatic rings. The highest BCUT2D eigenvalue weighted by Gasteiger charge is 2.31. The maximum Gasteiger partial charge on any atom is 0.254 e. The van der Waals surface area contributed by atoms with Crippen molar-refractivity contribution in [3.8, 4) is 0 Å². The predicted molar refractivity (Wildman–Crippen MR) is 149 cm³/mol. The molecular formula is C20H28I3N5O4. The summed E-state index contributed by atoms with van der Waals surface area (Å²) >= 11 is 6.16. The molecular weight excluding hydrogens is 755 g/mol. The number of amides is 3. The highest BCUT2D eigenvalue weighted by molar-refractivity contribution is 14.1. The normalized spacial score (nSPS) is 15.3. The zero-order valence-corrected chi connectivity index (χ0v) is 24.7. The van der Waals surface area contributed by atoms with Gasteiger partial charge in [-0.05, 0) is 86.5 Å². The van der Waals surface area contributed by atoms with E-state index in [4.69, 9.17) is 10.5 Å². The van der Waals surface area contributed by atoms with E-state index in [0.29, 0.717) is 46.5 Å². The number of carbonyl (C=O) groups excluding carboxylic acids is 3. The van der Waals surface area contributed by atoms with Gasteiger partial charge in [-0.2, -0.15) is 0 Å². The van der Waals surface area contributed by atoms with Gasteiger partial charge in [0.05, 0.1) is 24.0 Å². The van der Waals surface area contributed by atoms with Crippen LogP contribution in [0, 0.1) is 16.6 Å². The van der Waals surface area contributed by atoms with Gasteiger partial charge in [0.1, 0.15) is 12.8 Å². The lowest BCUT2D eigenvalue weighted by Crippen LogP contribution is -2.54. The number of piperidine rings is 1. The van der Waals surface area contributed by atoms with E-state index < -0.39 is 11.9 Å². The predicted octanol–water partition coefficient (Wildman–Crippen LogP) is 2.19. The molecule has 12 heteroatoms. The van der Waals surface area contributed by atoms with E-state index in [1.807, 2.05) is 22.6 Å². The van der Waals surface area contributed by atoms with E-state index >= 15 is 0 Å². The minimum Gasteiger partial charge on any atom is -0.365 e. The Bertz CT molecular complexity index is 876. The number of hydrogen-bond donors (Lipinski definition) is 4. The second kappa shape index (κ2) is 12.9. The highest BCUT2D eigenvalue weighted by atomic mass is 127. The van der Waals surface area contributed by atoms with Crippen LogP contribution in [-0.2, 0) is 9.53 Å². The van der Waals surface area contributed by atoms with E-state index in [9.17, 15) is 14.4 Å². The number of nitrogens with zero attached hydrogens (tertiary/aromatic N) is 1. The van der Waals surface area contributed by atoms with Crippen LogP contribution in [0.5, 0.6) is 0 Å². The Morgan fingerprint density at radius 1 is 1.09 bits per heavy atom. The van der Waals surface area contributed by atoms with Crippen LogP contribution in [0.15, 0.2) is 0 Å². The van der Waals surface area contributed by atoms with Crippen LogP contribution in [-0.4, -0.2) is 69.2 Å². The van der Waals surface area contributed by atoms with Gasteiger partial charge in [0.15, 0.2) is 0 Å². The molecule has 5 N–H and O–H groups in total. The van der Waals surface area contributed by atoms with Crippen LogP contribution in [0.1, 0.15) is 40.5 Å². The average Bonchev–Trinajstić information content (AvgIpc) is 2.77. The van der Waals surface area contributed by atoms with Crippen LogP contribution in [0.4, 0.5) is 5.69 Å². The third kappa shape index (κ3) is 6.35. The maximum atomic E-state index is 13.4. The number of hydrogen-bond acceptors (Lipinski definition) is 6. The summed E-state index contributed by atoms with van der Waals surface area (Å²) in [5.74, 6) is -0.345. The molecule has 0 aromatic heterocycles. The molecule has 1 atom stereocenters. The number of rotatable bonds is 8. The molecule has 1 aromatic carbocycles. The minimum absolute atomic E-state index is 0.00869. The average molecular weight is 783 g/mol. The van der Waals surface area contributed by atoms with Crippen molar-refractivity contribution in [1.82, 2.24) is 15.5 Å². The van der Waals surface area contributed by atoms with Crippen molar-refractivity contribution < 1.29 is 19.1 Å². The minimum atomic E-state index is -0.833. The Morgan fingerprint density at radius 3 is 2.16 bits per heavy atom. The lowest BCUT2D eigenvalue weighted by Gasteiger charge is -2.33. The van der Waals surface area contributed by atoms with Crippen molar-refractivity contribution in [2.45, 2.75) is 25.8 Å². The number of halogens is 3. The first-order valence-electron chi connectivity index (χ1n) is 10.1. The number of carbonyl (C=O) groups is 3. The van der Waals surface area contributed by atoms with Crippen molar-refractivity contribution >= 4 is 91.2 Å². The zero-order valence-electron chi connectivity index (χ0n) is 18.2. The monoisotopic (exact) mass is 783 g/mol. The van der Waals surface area contributed by atoms with Gasteiger partial charge < -0.3 is 31.3 Å². The Balaban J connectivity index is 2.40.